The molecule has 0 bridgehead atoms. The molecule has 1 rings (SSSR count). The highest BCUT2D eigenvalue weighted by Crippen LogP contribution is 2.22. The van der Waals surface area contributed by atoms with E-state index in [9.17, 15) is 18.9 Å². The third-order valence-electron chi connectivity index (χ3n) is 1.41. The first kappa shape index (κ1) is 10.0. The Morgan fingerprint density at radius 3 is 2.62 bits per heavy atom. The van der Waals surface area contributed by atoms with Gasteiger partial charge in [-0.3, -0.25) is 10.1 Å². The predicted octanol–water partition coefficient (Wildman–Crippen LogP) is 2.50. The first-order valence-corrected chi connectivity index (χ1v) is 4.06. The van der Waals surface area contributed by atoms with Gasteiger partial charge in [0, 0.05) is 4.92 Å². The Morgan fingerprint density at radius 2 is 2.08 bits per heavy atom. The second kappa shape index (κ2) is 3.78. The van der Waals surface area contributed by atoms with E-state index in [1.807, 2.05) is 0 Å². The molecule has 0 saturated carbocycles. The van der Waals surface area contributed by atoms with E-state index in [1.54, 1.807) is 0 Å². The molecule has 0 heterocycles. The van der Waals surface area contributed by atoms with Gasteiger partial charge in [-0.05, 0) is 28.1 Å². The molecule has 0 amide bonds. The van der Waals surface area contributed by atoms with Crippen molar-refractivity contribution in [3.8, 4) is 0 Å². The molecule has 0 radical (unpaired) electrons. The summed E-state index contributed by atoms with van der Waals surface area (Å²) in [6, 6.07) is 2.03. The normalized spacial score (nSPS) is 10.1. The molecule has 6 heteroatoms. The number of nitro groups is 1. The van der Waals surface area contributed by atoms with Crippen molar-refractivity contribution in [3.05, 3.63) is 43.9 Å². The first-order chi connectivity index (χ1) is 6.02. The van der Waals surface area contributed by atoms with Crippen LogP contribution in [0.5, 0.6) is 0 Å². The van der Waals surface area contributed by atoms with Gasteiger partial charge in [0.2, 0.25) is 6.54 Å². The largest absolute Gasteiger partial charge is 0.264 e. The van der Waals surface area contributed by atoms with Crippen molar-refractivity contribution in [3.63, 3.8) is 0 Å². The number of hydrogen-bond donors (Lipinski definition) is 0. The molecule has 0 atom stereocenters. The fraction of sp³-hybridized carbons (Fsp3) is 0.143. The van der Waals surface area contributed by atoms with E-state index in [0.29, 0.717) is 0 Å². The molecular weight excluding hydrogens is 248 g/mol. The quantitative estimate of drug-likeness (QED) is 0.461. The van der Waals surface area contributed by atoms with Gasteiger partial charge in [-0.2, -0.15) is 0 Å². The van der Waals surface area contributed by atoms with Crippen LogP contribution in [0.2, 0.25) is 0 Å². The molecule has 1 aromatic rings. The Kier molecular flexibility index (Phi) is 2.92. The maximum absolute atomic E-state index is 13.0. The molecule has 0 spiro atoms. The zero-order chi connectivity index (χ0) is 10.0. The maximum atomic E-state index is 13.0. The van der Waals surface area contributed by atoms with Crippen LogP contribution in [0.15, 0.2) is 16.6 Å². The maximum Gasteiger partial charge on any atom is 0.231 e. The fourth-order valence-electron chi connectivity index (χ4n) is 0.827. The third kappa shape index (κ3) is 2.21. The van der Waals surface area contributed by atoms with E-state index in [4.69, 9.17) is 0 Å². The molecule has 0 aliphatic heterocycles. The number of nitrogens with zero attached hydrogens (tertiary/aromatic N) is 1. The second-order valence-corrected chi connectivity index (χ2v) is 3.12. The van der Waals surface area contributed by atoms with Crippen LogP contribution in [0.1, 0.15) is 5.56 Å². The van der Waals surface area contributed by atoms with Crippen molar-refractivity contribution < 1.29 is 13.7 Å². The Morgan fingerprint density at radius 1 is 1.46 bits per heavy atom. The molecule has 13 heavy (non-hydrogen) atoms. The van der Waals surface area contributed by atoms with Crippen molar-refractivity contribution in [2.75, 3.05) is 0 Å². The van der Waals surface area contributed by atoms with E-state index >= 15 is 0 Å². The molecule has 70 valence electrons. The first-order valence-electron chi connectivity index (χ1n) is 3.26. The van der Waals surface area contributed by atoms with Gasteiger partial charge in [-0.1, -0.05) is 0 Å². The van der Waals surface area contributed by atoms with Crippen LogP contribution >= 0.6 is 15.9 Å². The minimum absolute atomic E-state index is 0.140. The summed E-state index contributed by atoms with van der Waals surface area (Å²) in [6.45, 7) is -0.648. The summed E-state index contributed by atoms with van der Waals surface area (Å²) < 4.78 is 25.3. The van der Waals surface area contributed by atoms with Crippen LogP contribution in [-0.2, 0) is 6.54 Å². The molecule has 3 nitrogen and oxygen atoms in total. The van der Waals surface area contributed by atoms with Gasteiger partial charge in [-0.25, -0.2) is 8.78 Å². The summed E-state index contributed by atoms with van der Waals surface area (Å²) in [4.78, 5) is 9.37. The van der Waals surface area contributed by atoms with Gasteiger partial charge in [0.25, 0.3) is 0 Å². The molecule has 0 saturated heterocycles. The lowest BCUT2D eigenvalue weighted by Crippen LogP contribution is -2.02. The standard InChI is InChI=1S/C7H4BrF2NO2/c8-6-5(9)2-1-4(7(6)10)3-11(12)13/h1-2H,3H2. The van der Waals surface area contributed by atoms with E-state index in [1.165, 1.54) is 0 Å². The van der Waals surface area contributed by atoms with Crippen molar-refractivity contribution in [1.82, 2.24) is 0 Å². The number of halogens is 3. The number of hydrogen-bond acceptors (Lipinski definition) is 2. The highest BCUT2D eigenvalue weighted by molar-refractivity contribution is 9.10. The summed E-state index contributed by atoms with van der Waals surface area (Å²) >= 11 is 2.65. The smallest absolute Gasteiger partial charge is 0.231 e. The van der Waals surface area contributed by atoms with Crippen LogP contribution in [-0.4, -0.2) is 4.92 Å². The van der Waals surface area contributed by atoms with Gasteiger partial charge < -0.3 is 0 Å². The average molecular weight is 252 g/mol. The van der Waals surface area contributed by atoms with Crippen LogP contribution < -0.4 is 0 Å². The molecule has 0 N–H and O–H groups in total. The van der Waals surface area contributed by atoms with E-state index in [2.05, 4.69) is 15.9 Å². The molecule has 1 aromatic carbocycles. The number of rotatable bonds is 2. The van der Waals surface area contributed by atoms with Crippen molar-refractivity contribution in [2.45, 2.75) is 6.54 Å². The van der Waals surface area contributed by atoms with Gasteiger partial charge in [0.1, 0.15) is 11.6 Å². The lowest BCUT2D eigenvalue weighted by atomic mass is 10.2. The minimum Gasteiger partial charge on any atom is -0.264 e. The zero-order valence-electron chi connectivity index (χ0n) is 6.26. The molecule has 0 aliphatic rings. The molecular formula is C7H4BrF2NO2. The third-order valence-corrected chi connectivity index (χ3v) is 2.14. The van der Waals surface area contributed by atoms with Crippen LogP contribution in [0.25, 0.3) is 0 Å². The van der Waals surface area contributed by atoms with E-state index in [0.717, 1.165) is 12.1 Å². The Labute approximate surface area is 80.6 Å². The number of benzene rings is 1. The van der Waals surface area contributed by atoms with Gasteiger partial charge >= 0.3 is 0 Å². The lowest BCUT2D eigenvalue weighted by molar-refractivity contribution is -0.497. The van der Waals surface area contributed by atoms with Gasteiger partial charge in [-0.15, -0.1) is 0 Å². The predicted molar refractivity (Wildman–Crippen MR) is 44.8 cm³/mol. The summed E-state index contributed by atoms with van der Waals surface area (Å²) in [7, 11) is 0. The summed E-state index contributed by atoms with van der Waals surface area (Å²) in [5.74, 6) is -1.69. The Balaban J connectivity index is 3.10. The molecule has 0 unspecified atom stereocenters. The highest BCUT2D eigenvalue weighted by Gasteiger charge is 2.14. The summed E-state index contributed by atoms with van der Waals surface area (Å²) in [5.41, 5.74) is -0.140. The van der Waals surface area contributed by atoms with Crippen molar-refractivity contribution in [1.29, 1.82) is 0 Å². The second-order valence-electron chi connectivity index (χ2n) is 2.33. The Hall–Kier alpha value is -1.04. The minimum atomic E-state index is -0.920. The topological polar surface area (TPSA) is 43.1 Å². The average Bonchev–Trinajstić information content (AvgIpc) is 2.06. The van der Waals surface area contributed by atoms with Crippen LogP contribution in [0.3, 0.4) is 0 Å². The van der Waals surface area contributed by atoms with Crippen LogP contribution in [0, 0.1) is 21.7 Å². The molecule has 0 aromatic heterocycles. The van der Waals surface area contributed by atoms with E-state index in [-0.39, 0.29) is 10.0 Å². The summed E-state index contributed by atoms with van der Waals surface area (Å²) in [5, 5.41) is 10.0. The molecule has 0 fully saturated rings. The van der Waals surface area contributed by atoms with Gasteiger partial charge in [0.15, 0.2) is 0 Å². The highest BCUT2D eigenvalue weighted by atomic mass is 79.9. The lowest BCUT2D eigenvalue weighted by Gasteiger charge is -2.00. The zero-order valence-corrected chi connectivity index (χ0v) is 7.85. The van der Waals surface area contributed by atoms with Crippen LogP contribution in [0.4, 0.5) is 8.78 Å². The molecule has 0 aliphatic carbocycles. The SMILES string of the molecule is O=[N+]([O-])Cc1ccc(F)c(Br)c1F. The fourth-order valence-corrected chi connectivity index (χ4v) is 1.21. The van der Waals surface area contributed by atoms with Gasteiger partial charge in [0.05, 0.1) is 10.0 Å². The van der Waals surface area contributed by atoms with Crippen molar-refractivity contribution in [2.24, 2.45) is 0 Å². The van der Waals surface area contributed by atoms with Crippen molar-refractivity contribution >= 4 is 15.9 Å². The monoisotopic (exact) mass is 251 g/mol. The van der Waals surface area contributed by atoms with E-state index < -0.39 is 23.1 Å². The summed E-state index contributed by atoms with van der Waals surface area (Å²) in [6.07, 6.45) is 0. The Bertz CT molecular complexity index is 357.